The lowest BCUT2D eigenvalue weighted by Crippen LogP contribution is -2.29. The van der Waals surface area contributed by atoms with Crippen LogP contribution in [0.2, 0.25) is 5.02 Å². The number of benzene rings is 2. The number of nitrogens with zero attached hydrogens (tertiary/aromatic N) is 1. The predicted octanol–water partition coefficient (Wildman–Crippen LogP) is 5.35. The van der Waals surface area contributed by atoms with Crippen LogP contribution in [0.15, 0.2) is 76.9 Å². The number of ether oxygens (including phenoxy) is 1. The van der Waals surface area contributed by atoms with Gasteiger partial charge in [0.1, 0.15) is 23.3 Å². The zero-order chi connectivity index (χ0) is 22.0. The molecular formula is C24H20ClNO5. The number of carbonyl (C=O) groups is 2. The SMILES string of the molecule is CCCOc1cccc(N2C(=O)C(=O)/C(=C(\O)c3ccc(Cl)cc3)C2c2ccco2)c1. The molecule has 1 aliphatic heterocycles. The van der Waals surface area contributed by atoms with Gasteiger partial charge in [-0.05, 0) is 55.0 Å². The summed E-state index contributed by atoms with van der Waals surface area (Å²) in [6, 6.07) is 15.7. The summed E-state index contributed by atoms with van der Waals surface area (Å²) >= 11 is 5.94. The minimum absolute atomic E-state index is 0.0536. The van der Waals surface area contributed by atoms with Crippen molar-refractivity contribution in [1.29, 1.82) is 0 Å². The molecule has 0 bridgehead atoms. The van der Waals surface area contributed by atoms with E-state index in [1.807, 2.05) is 6.92 Å². The fourth-order valence-corrected chi connectivity index (χ4v) is 3.65. The average molecular weight is 438 g/mol. The Morgan fingerprint density at radius 1 is 1.13 bits per heavy atom. The van der Waals surface area contributed by atoms with Gasteiger partial charge in [-0.3, -0.25) is 14.5 Å². The molecule has 1 fully saturated rings. The van der Waals surface area contributed by atoms with Crippen LogP contribution in [-0.2, 0) is 9.59 Å². The number of rotatable bonds is 6. The highest BCUT2D eigenvalue weighted by atomic mass is 35.5. The number of aliphatic hydroxyl groups excluding tert-OH is 1. The molecule has 1 atom stereocenters. The van der Waals surface area contributed by atoms with Crippen LogP contribution in [0.25, 0.3) is 5.76 Å². The molecule has 2 aromatic carbocycles. The maximum Gasteiger partial charge on any atom is 0.300 e. The van der Waals surface area contributed by atoms with Crippen molar-refractivity contribution in [2.24, 2.45) is 0 Å². The summed E-state index contributed by atoms with van der Waals surface area (Å²) in [6.07, 6.45) is 2.29. The van der Waals surface area contributed by atoms with E-state index in [0.717, 1.165) is 6.42 Å². The second kappa shape index (κ2) is 8.70. The molecule has 0 saturated carbocycles. The molecule has 1 unspecified atom stereocenters. The van der Waals surface area contributed by atoms with E-state index < -0.39 is 17.7 Å². The van der Waals surface area contributed by atoms with Crippen molar-refractivity contribution in [2.45, 2.75) is 19.4 Å². The monoisotopic (exact) mass is 437 g/mol. The highest BCUT2D eigenvalue weighted by molar-refractivity contribution is 6.51. The second-order valence-corrected chi connectivity index (χ2v) is 7.47. The van der Waals surface area contributed by atoms with Gasteiger partial charge in [0.15, 0.2) is 0 Å². The number of Topliss-reactive ketones (excluding diaryl/α,β-unsaturated/α-hetero) is 1. The molecule has 4 rings (SSSR count). The lowest BCUT2D eigenvalue weighted by Gasteiger charge is -2.23. The van der Waals surface area contributed by atoms with E-state index in [2.05, 4.69) is 0 Å². The number of aliphatic hydroxyl groups is 1. The normalized spacial score (nSPS) is 17.9. The van der Waals surface area contributed by atoms with Crippen LogP contribution in [0.4, 0.5) is 5.69 Å². The van der Waals surface area contributed by atoms with E-state index in [-0.39, 0.29) is 11.3 Å². The van der Waals surface area contributed by atoms with Crippen molar-refractivity contribution >= 4 is 34.7 Å². The molecule has 0 aliphatic carbocycles. The Hall–Kier alpha value is -3.51. The summed E-state index contributed by atoms with van der Waals surface area (Å²) in [6.45, 7) is 2.52. The standard InChI is InChI=1S/C24H20ClNO5/c1-2-12-30-18-6-3-5-17(14-18)26-21(19-7-4-13-31-19)20(23(28)24(26)29)22(27)15-8-10-16(25)11-9-15/h3-11,13-14,21,27H,2,12H2,1H3/b22-20-. The Balaban J connectivity index is 1.85. The van der Waals surface area contributed by atoms with E-state index >= 15 is 0 Å². The summed E-state index contributed by atoms with van der Waals surface area (Å²) in [5.74, 6) is -0.915. The van der Waals surface area contributed by atoms with Crippen LogP contribution in [0.3, 0.4) is 0 Å². The molecule has 1 aliphatic rings. The topological polar surface area (TPSA) is 80.0 Å². The van der Waals surface area contributed by atoms with Crippen molar-refractivity contribution in [1.82, 2.24) is 0 Å². The average Bonchev–Trinajstić information content (AvgIpc) is 3.39. The Kier molecular flexibility index (Phi) is 5.82. The maximum atomic E-state index is 13.1. The van der Waals surface area contributed by atoms with Gasteiger partial charge in [-0.2, -0.15) is 0 Å². The molecule has 0 spiro atoms. The predicted molar refractivity (Wildman–Crippen MR) is 117 cm³/mol. The first-order chi connectivity index (χ1) is 15.0. The minimum atomic E-state index is -0.924. The highest BCUT2D eigenvalue weighted by Gasteiger charge is 2.48. The van der Waals surface area contributed by atoms with Gasteiger partial charge in [-0.1, -0.05) is 24.6 Å². The number of hydrogen-bond acceptors (Lipinski definition) is 5. The van der Waals surface area contributed by atoms with Crippen LogP contribution in [0.5, 0.6) is 5.75 Å². The third-order valence-corrected chi connectivity index (χ3v) is 5.20. The summed E-state index contributed by atoms with van der Waals surface area (Å²) in [5.41, 5.74) is 0.786. The number of amides is 1. The van der Waals surface area contributed by atoms with Crippen molar-refractivity contribution in [2.75, 3.05) is 11.5 Å². The fraction of sp³-hybridized carbons (Fsp3) is 0.167. The Labute approximate surface area is 184 Å². The smallest absolute Gasteiger partial charge is 0.300 e. The summed E-state index contributed by atoms with van der Waals surface area (Å²) in [4.78, 5) is 27.4. The van der Waals surface area contributed by atoms with Gasteiger partial charge in [0, 0.05) is 22.3 Å². The zero-order valence-corrected chi connectivity index (χ0v) is 17.5. The Bertz CT molecular complexity index is 1140. The van der Waals surface area contributed by atoms with Crippen LogP contribution in [-0.4, -0.2) is 23.4 Å². The van der Waals surface area contributed by atoms with Gasteiger partial charge in [0.05, 0.1) is 18.4 Å². The quantitative estimate of drug-likeness (QED) is 0.319. The van der Waals surface area contributed by atoms with Crippen molar-refractivity contribution < 1.29 is 23.8 Å². The van der Waals surface area contributed by atoms with Crippen molar-refractivity contribution in [3.8, 4) is 5.75 Å². The van der Waals surface area contributed by atoms with Gasteiger partial charge >= 0.3 is 0 Å². The van der Waals surface area contributed by atoms with E-state index in [1.54, 1.807) is 60.7 Å². The fourth-order valence-electron chi connectivity index (χ4n) is 3.52. The first-order valence-corrected chi connectivity index (χ1v) is 10.2. The van der Waals surface area contributed by atoms with Gasteiger partial charge in [-0.15, -0.1) is 0 Å². The number of anilines is 1. The first kappa shape index (κ1) is 20.8. The Morgan fingerprint density at radius 2 is 1.90 bits per heavy atom. The van der Waals surface area contributed by atoms with E-state index in [9.17, 15) is 14.7 Å². The lowest BCUT2D eigenvalue weighted by molar-refractivity contribution is -0.132. The summed E-state index contributed by atoms with van der Waals surface area (Å²) < 4.78 is 11.2. The molecule has 3 aromatic rings. The number of hydrogen-bond donors (Lipinski definition) is 1. The van der Waals surface area contributed by atoms with E-state index in [0.29, 0.717) is 34.4 Å². The third-order valence-electron chi connectivity index (χ3n) is 4.94. The van der Waals surface area contributed by atoms with Crippen LogP contribution in [0.1, 0.15) is 30.7 Å². The Morgan fingerprint density at radius 3 is 2.58 bits per heavy atom. The minimum Gasteiger partial charge on any atom is -0.507 e. The molecule has 1 saturated heterocycles. The molecule has 1 N–H and O–H groups in total. The van der Waals surface area contributed by atoms with Crippen LogP contribution in [0, 0.1) is 0 Å². The molecule has 6 nitrogen and oxygen atoms in total. The maximum absolute atomic E-state index is 13.1. The molecule has 158 valence electrons. The molecule has 1 aromatic heterocycles. The van der Waals surface area contributed by atoms with Crippen LogP contribution < -0.4 is 9.64 Å². The first-order valence-electron chi connectivity index (χ1n) is 9.84. The van der Waals surface area contributed by atoms with Gasteiger partial charge < -0.3 is 14.3 Å². The third kappa shape index (κ3) is 3.94. The molecule has 0 radical (unpaired) electrons. The summed E-state index contributed by atoms with van der Waals surface area (Å²) in [7, 11) is 0. The number of halogens is 1. The zero-order valence-electron chi connectivity index (χ0n) is 16.7. The molecule has 7 heteroatoms. The molecular weight excluding hydrogens is 418 g/mol. The van der Waals surface area contributed by atoms with E-state index in [1.165, 1.54) is 11.2 Å². The molecule has 31 heavy (non-hydrogen) atoms. The lowest BCUT2D eigenvalue weighted by atomic mass is 9.99. The largest absolute Gasteiger partial charge is 0.507 e. The van der Waals surface area contributed by atoms with Gasteiger partial charge in [0.2, 0.25) is 0 Å². The van der Waals surface area contributed by atoms with Crippen molar-refractivity contribution in [3.05, 3.63) is 88.8 Å². The van der Waals surface area contributed by atoms with Crippen LogP contribution >= 0.6 is 11.6 Å². The van der Waals surface area contributed by atoms with Gasteiger partial charge in [0.25, 0.3) is 11.7 Å². The molecule has 1 amide bonds. The summed E-state index contributed by atoms with van der Waals surface area (Å²) in [5, 5.41) is 11.5. The number of furan rings is 1. The van der Waals surface area contributed by atoms with Crippen molar-refractivity contribution in [3.63, 3.8) is 0 Å². The highest BCUT2D eigenvalue weighted by Crippen LogP contribution is 2.43. The van der Waals surface area contributed by atoms with Gasteiger partial charge in [-0.25, -0.2) is 0 Å². The number of ketones is 1. The number of carbonyl (C=O) groups excluding carboxylic acids is 2. The molecule has 2 heterocycles. The second-order valence-electron chi connectivity index (χ2n) is 7.04. The van der Waals surface area contributed by atoms with E-state index in [4.69, 9.17) is 20.8 Å².